The topological polar surface area (TPSA) is 98.2 Å². The van der Waals surface area contributed by atoms with Crippen LogP contribution in [0, 0.1) is 13.8 Å². The van der Waals surface area contributed by atoms with Crippen molar-refractivity contribution in [1.29, 1.82) is 0 Å². The molecule has 0 unspecified atom stereocenters. The maximum atomic E-state index is 13.2. The molecule has 4 heterocycles. The number of H-pyrrole nitrogens is 1. The van der Waals surface area contributed by atoms with Crippen molar-refractivity contribution >= 4 is 10.9 Å². The molecule has 0 radical (unpaired) electrons. The highest BCUT2D eigenvalue weighted by Gasteiger charge is 2.31. The zero-order valence-corrected chi connectivity index (χ0v) is 21.7. The molecule has 3 aromatic rings. The van der Waals surface area contributed by atoms with E-state index in [0.717, 1.165) is 80.6 Å². The molecular weight excluding hydrogens is 456 g/mol. The van der Waals surface area contributed by atoms with E-state index in [-0.39, 0.29) is 23.8 Å². The van der Waals surface area contributed by atoms with Gasteiger partial charge in [-0.15, -0.1) is 5.10 Å². The van der Waals surface area contributed by atoms with Crippen molar-refractivity contribution in [3.05, 3.63) is 51.1 Å². The van der Waals surface area contributed by atoms with Gasteiger partial charge in [-0.1, -0.05) is 13.3 Å². The summed E-state index contributed by atoms with van der Waals surface area (Å²) in [5.41, 5.74) is 3.98. The summed E-state index contributed by atoms with van der Waals surface area (Å²) >= 11 is 0. The third kappa shape index (κ3) is 5.53. The Morgan fingerprint density at radius 1 is 1.11 bits per heavy atom. The molecule has 0 saturated carbocycles. The lowest BCUT2D eigenvalue weighted by Gasteiger charge is -2.32. The second kappa shape index (κ2) is 11.2. The number of aryl methyl sites for hydroxylation is 2. The molecule has 0 bridgehead atoms. The third-order valence-corrected chi connectivity index (χ3v) is 7.63. The lowest BCUT2D eigenvalue weighted by atomic mass is 10.0. The van der Waals surface area contributed by atoms with Crippen LogP contribution < -0.4 is 5.56 Å². The van der Waals surface area contributed by atoms with Crippen LogP contribution in [0.1, 0.15) is 74.0 Å². The fourth-order valence-electron chi connectivity index (χ4n) is 5.52. The maximum Gasteiger partial charge on any atom is 0.252 e. The van der Waals surface area contributed by atoms with E-state index >= 15 is 0 Å². The molecular formula is C27H38N6O3. The highest BCUT2D eigenvalue weighted by molar-refractivity contribution is 5.80. The van der Waals surface area contributed by atoms with Gasteiger partial charge in [0.25, 0.3) is 5.56 Å². The summed E-state index contributed by atoms with van der Waals surface area (Å²) in [5, 5.41) is 13.9. The van der Waals surface area contributed by atoms with Gasteiger partial charge in [-0.2, -0.15) is 0 Å². The van der Waals surface area contributed by atoms with Gasteiger partial charge in [0.05, 0.1) is 24.8 Å². The lowest BCUT2D eigenvalue weighted by Crippen LogP contribution is -2.38. The minimum Gasteiger partial charge on any atom is -0.377 e. The summed E-state index contributed by atoms with van der Waals surface area (Å²) in [4.78, 5) is 18.7. The highest BCUT2D eigenvalue weighted by atomic mass is 16.5. The first-order valence-corrected chi connectivity index (χ1v) is 13.4. The molecule has 2 fully saturated rings. The van der Waals surface area contributed by atoms with Crippen LogP contribution >= 0.6 is 0 Å². The number of rotatable bonds is 10. The zero-order valence-electron chi connectivity index (χ0n) is 21.7. The van der Waals surface area contributed by atoms with Crippen LogP contribution in [0.2, 0.25) is 0 Å². The molecule has 0 amide bonds. The largest absolute Gasteiger partial charge is 0.377 e. The van der Waals surface area contributed by atoms with Gasteiger partial charge < -0.3 is 14.5 Å². The van der Waals surface area contributed by atoms with E-state index in [1.807, 2.05) is 10.7 Å². The molecule has 9 nitrogen and oxygen atoms in total. The van der Waals surface area contributed by atoms with Crippen molar-refractivity contribution in [1.82, 2.24) is 30.1 Å². The molecule has 5 rings (SSSR count). The lowest BCUT2D eigenvalue weighted by molar-refractivity contribution is 0.0457. The van der Waals surface area contributed by atoms with E-state index in [2.05, 4.69) is 58.3 Å². The molecule has 0 aliphatic carbocycles. The Labute approximate surface area is 212 Å². The average Bonchev–Trinajstić information content (AvgIpc) is 3.63. The molecule has 2 aromatic heterocycles. The first-order valence-electron chi connectivity index (χ1n) is 13.4. The van der Waals surface area contributed by atoms with Gasteiger partial charge in [0.15, 0.2) is 5.82 Å². The number of benzene rings is 1. The van der Waals surface area contributed by atoms with Gasteiger partial charge in [-0.05, 0) is 91.1 Å². The van der Waals surface area contributed by atoms with E-state index in [1.54, 1.807) is 0 Å². The van der Waals surface area contributed by atoms with E-state index in [1.165, 1.54) is 11.1 Å². The third-order valence-electron chi connectivity index (χ3n) is 7.63. The van der Waals surface area contributed by atoms with Crippen molar-refractivity contribution in [3.63, 3.8) is 0 Å². The Morgan fingerprint density at radius 2 is 1.86 bits per heavy atom. The monoisotopic (exact) mass is 494 g/mol. The Balaban J connectivity index is 1.48. The molecule has 2 saturated heterocycles. The Bertz CT molecular complexity index is 1230. The van der Waals surface area contributed by atoms with Crippen molar-refractivity contribution in [2.24, 2.45) is 0 Å². The fourth-order valence-corrected chi connectivity index (χ4v) is 5.52. The average molecular weight is 495 g/mol. The number of nitrogens with one attached hydrogen (secondary N) is 1. The SMILES string of the molecule is CCC[C@@H](c1nnnn1C[C@@H]1CCCO1)N(Cc1cc2cc(C)c(C)cc2[nH]c1=O)C[C@@H]1CCCO1. The maximum absolute atomic E-state index is 13.2. The van der Waals surface area contributed by atoms with E-state index in [9.17, 15) is 4.79 Å². The van der Waals surface area contributed by atoms with Gasteiger partial charge in [-0.3, -0.25) is 9.69 Å². The molecule has 194 valence electrons. The summed E-state index contributed by atoms with van der Waals surface area (Å²) in [5.74, 6) is 0.842. The number of aromatic amines is 1. The zero-order chi connectivity index (χ0) is 25.1. The smallest absolute Gasteiger partial charge is 0.252 e. The van der Waals surface area contributed by atoms with Crippen LogP contribution in [0.25, 0.3) is 10.9 Å². The van der Waals surface area contributed by atoms with E-state index in [0.29, 0.717) is 13.1 Å². The van der Waals surface area contributed by atoms with Gasteiger partial charge in [0.1, 0.15) is 0 Å². The number of fused-ring (bicyclic) bond motifs is 1. The van der Waals surface area contributed by atoms with Crippen molar-refractivity contribution in [3.8, 4) is 0 Å². The predicted octanol–water partition coefficient (Wildman–Crippen LogP) is 3.83. The number of nitrogens with zero attached hydrogens (tertiary/aromatic N) is 5. The molecule has 9 heteroatoms. The summed E-state index contributed by atoms with van der Waals surface area (Å²) in [7, 11) is 0. The molecule has 2 aliphatic rings. The molecule has 1 N–H and O–H groups in total. The standard InChI is InChI=1S/C27H38N6O3/c1-4-7-25(26-29-30-31-33(26)17-23-9-6-11-36-23)32(16-22-8-5-10-35-22)15-21-14-20-12-18(2)19(3)13-24(20)28-27(21)34/h12-14,22-23,25H,4-11,15-17H2,1-3H3,(H,28,34)/t22-,23-,25-/m0/s1. The van der Waals surface area contributed by atoms with Crippen molar-refractivity contribution in [2.45, 2.75) is 90.6 Å². The number of tetrazole rings is 1. The Kier molecular flexibility index (Phi) is 7.79. The number of hydrogen-bond donors (Lipinski definition) is 1. The molecule has 1 aromatic carbocycles. The summed E-state index contributed by atoms with van der Waals surface area (Å²) in [6, 6.07) is 6.23. The number of pyridine rings is 1. The summed E-state index contributed by atoms with van der Waals surface area (Å²) in [6.45, 7) is 9.86. The number of hydrogen-bond acceptors (Lipinski definition) is 7. The van der Waals surface area contributed by atoms with Crippen LogP contribution in [-0.2, 0) is 22.6 Å². The van der Waals surface area contributed by atoms with Crippen molar-refractivity contribution < 1.29 is 9.47 Å². The second-order valence-electron chi connectivity index (χ2n) is 10.4. The fraction of sp³-hybridized carbons (Fsp3) is 0.630. The number of aromatic nitrogens is 5. The van der Waals surface area contributed by atoms with Crippen LogP contribution in [0.4, 0.5) is 0 Å². The minimum atomic E-state index is -0.0442. The van der Waals surface area contributed by atoms with Crippen LogP contribution in [0.3, 0.4) is 0 Å². The van der Waals surface area contributed by atoms with Crippen LogP contribution in [-0.4, -0.2) is 62.1 Å². The van der Waals surface area contributed by atoms with Crippen LogP contribution in [0.15, 0.2) is 23.0 Å². The Morgan fingerprint density at radius 3 is 2.58 bits per heavy atom. The van der Waals surface area contributed by atoms with Crippen molar-refractivity contribution in [2.75, 3.05) is 19.8 Å². The normalized spacial score (nSPS) is 21.1. The van der Waals surface area contributed by atoms with Gasteiger partial charge in [0.2, 0.25) is 0 Å². The van der Waals surface area contributed by atoms with Gasteiger partial charge >= 0.3 is 0 Å². The summed E-state index contributed by atoms with van der Waals surface area (Å²) in [6.07, 6.45) is 6.38. The van der Waals surface area contributed by atoms with Gasteiger partial charge in [0, 0.05) is 37.4 Å². The molecule has 0 spiro atoms. The van der Waals surface area contributed by atoms with E-state index in [4.69, 9.17) is 9.47 Å². The minimum absolute atomic E-state index is 0.0227. The first kappa shape index (κ1) is 25.0. The molecule has 2 aliphatic heterocycles. The highest BCUT2D eigenvalue weighted by Crippen LogP contribution is 2.29. The van der Waals surface area contributed by atoms with E-state index < -0.39 is 0 Å². The first-order chi connectivity index (χ1) is 17.5. The molecule has 36 heavy (non-hydrogen) atoms. The predicted molar refractivity (Wildman–Crippen MR) is 138 cm³/mol. The quantitative estimate of drug-likeness (QED) is 0.457. The number of ether oxygens (including phenoxy) is 2. The van der Waals surface area contributed by atoms with Crippen LogP contribution in [0.5, 0.6) is 0 Å². The molecule has 3 atom stereocenters. The van der Waals surface area contributed by atoms with Gasteiger partial charge in [-0.25, -0.2) is 4.68 Å². The second-order valence-corrected chi connectivity index (χ2v) is 10.4. The summed E-state index contributed by atoms with van der Waals surface area (Å²) < 4.78 is 13.8. The Hall–Kier alpha value is -2.62.